The summed E-state index contributed by atoms with van der Waals surface area (Å²) in [5, 5.41) is 10.9. The molecule has 0 aliphatic heterocycles. The van der Waals surface area contributed by atoms with Gasteiger partial charge in [0.25, 0.3) is 0 Å². The molecule has 0 bridgehead atoms. The zero-order valence-corrected chi connectivity index (χ0v) is 7.69. The molecule has 6 nitrogen and oxygen atoms in total. The van der Waals surface area contributed by atoms with Gasteiger partial charge in [-0.1, -0.05) is 0 Å². The third kappa shape index (κ3) is 2.21. The molecule has 1 unspecified atom stereocenters. The van der Waals surface area contributed by atoms with Gasteiger partial charge in [-0.3, -0.25) is 14.4 Å². The van der Waals surface area contributed by atoms with Crippen molar-refractivity contribution in [2.45, 2.75) is 19.4 Å². The summed E-state index contributed by atoms with van der Waals surface area (Å²) in [5.41, 5.74) is 4.93. The molecule has 0 aromatic rings. The molecule has 6 heteroatoms. The molecule has 3 atom stereocenters. The van der Waals surface area contributed by atoms with E-state index in [4.69, 9.17) is 10.8 Å². The van der Waals surface area contributed by atoms with Gasteiger partial charge in [-0.25, -0.2) is 0 Å². The average Bonchev–Trinajstić information content (AvgIpc) is 2.81. The Bertz CT molecular complexity index is 289. The van der Waals surface area contributed by atoms with E-state index in [0.717, 1.165) is 0 Å². The Balaban J connectivity index is 2.38. The molecule has 0 aromatic heterocycles. The minimum Gasteiger partial charge on any atom is -0.481 e. The number of primary amides is 1. The lowest BCUT2D eigenvalue weighted by Gasteiger charge is -2.08. The minimum absolute atomic E-state index is 0.340. The van der Waals surface area contributed by atoms with Crippen LogP contribution in [0.1, 0.15) is 13.3 Å². The van der Waals surface area contributed by atoms with E-state index >= 15 is 0 Å². The molecule has 0 saturated heterocycles. The number of carbonyl (C=O) groups is 3. The number of aliphatic carboxylic acids is 1. The SMILES string of the molecule is CC(NC(=O)[C@@H]1C[C@@H]1C(=O)O)C(N)=O. The maximum Gasteiger partial charge on any atom is 0.307 e. The maximum absolute atomic E-state index is 11.3. The zero-order valence-electron chi connectivity index (χ0n) is 7.69. The Morgan fingerprint density at radius 3 is 2.36 bits per heavy atom. The van der Waals surface area contributed by atoms with Crippen molar-refractivity contribution in [2.24, 2.45) is 17.6 Å². The summed E-state index contributed by atoms with van der Waals surface area (Å²) in [6.07, 6.45) is 0.340. The summed E-state index contributed by atoms with van der Waals surface area (Å²) in [6.45, 7) is 1.46. The summed E-state index contributed by atoms with van der Waals surface area (Å²) in [5.74, 6) is -3.13. The maximum atomic E-state index is 11.3. The second-order valence-corrected chi connectivity index (χ2v) is 3.42. The number of amides is 2. The highest BCUT2D eigenvalue weighted by molar-refractivity contribution is 5.92. The fourth-order valence-electron chi connectivity index (χ4n) is 1.15. The molecule has 0 radical (unpaired) electrons. The summed E-state index contributed by atoms with van der Waals surface area (Å²) in [6, 6.07) is -0.752. The number of hydrogen-bond donors (Lipinski definition) is 3. The second kappa shape index (κ2) is 3.65. The fourth-order valence-corrected chi connectivity index (χ4v) is 1.15. The third-order valence-electron chi connectivity index (χ3n) is 2.23. The van der Waals surface area contributed by atoms with Gasteiger partial charge in [0.1, 0.15) is 6.04 Å². The van der Waals surface area contributed by atoms with E-state index in [1.165, 1.54) is 6.92 Å². The van der Waals surface area contributed by atoms with Gasteiger partial charge in [0.2, 0.25) is 11.8 Å². The first-order valence-corrected chi connectivity index (χ1v) is 4.26. The predicted molar refractivity (Wildman–Crippen MR) is 46.0 cm³/mol. The minimum atomic E-state index is -0.975. The molecule has 14 heavy (non-hydrogen) atoms. The highest BCUT2D eigenvalue weighted by Gasteiger charge is 2.48. The van der Waals surface area contributed by atoms with Crippen molar-refractivity contribution in [3.63, 3.8) is 0 Å². The molecule has 78 valence electrons. The van der Waals surface area contributed by atoms with Crippen molar-refractivity contribution in [1.82, 2.24) is 5.32 Å². The van der Waals surface area contributed by atoms with Gasteiger partial charge in [0.15, 0.2) is 0 Å². The number of carboxylic acid groups (broad SMARTS) is 1. The topological polar surface area (TPSA) is 109 Å². The zero-order chi connectivity index (χ0) is 10.9. The van der Waals surface area contributed by atoms with Crippen LogP contribution < -0.4 is 11.1 Å². The molecule has 4 N–H and O–H groups in total. The van der Waals surface area contributed by atoms with Crippen LogP contribution >= 0.6 is 0 Å². The number of nitrogens with one attached hydrogen (secondary N) is 1. The summed E-state index contributed by atoms with van der Waals surface area (Å²) in [4.78, 5) is 32.3. The predicted octanol–water partition coefficient (Wildman–Crippen LogP) is -1.30. The van der Waals surface area contributed by atoms with Gasteiger partial charge in [0.05, 0.1) is 11.8 Å². The molecule has 2 amide bonds. The standard InChI is InChI=1S/C8H12N2O4/c1-3(6(9)11)10-7(12)4-2-5(4)8(13)14/h3-5H,2H2,1H3,(H2,9,11)(H,10,12)(H,13,14)/t3?,4-,5+/m1/s1. The van der Waals surface area contributed by atoms with Crippen LogP contribution in [0, 0.1) is 11.8 Å². The quantitative estimate of drug-likeness (QED) is 0.523. The molecule has 1 rings (SSSR count). The van der Waals surface area contributed by atoms with Gasteiger partial charge in [-0.05, 0) is 13.3 Å². The molecule has 1 aliphatic rings. The number of carboxylic acids is 1. The molecule has 0 spiro atoms. The number of carbonyl (C=O) groups excluding carboxylic acids is 2. The number of hydrogen-bond acceptors (Lipinski definition) is 3. The Labute approximate surface area is 80.5 Å². The van der Waals surface area contributed by atoms with E-state index in [1.54, 1.807) is 0 Å². The van der Waals surface area contributed by atoms with Crippen LogP contribution in [0.2, 0.25) is 0 Å². The van der Waals surface area contributed by atoms with Crippen LogP contribution in [0.25, 0.3) is 0 Å². The highest BCUT2D eigenvalue weighted by atomic mass is 16.4. The van der Waals surface area contributed by atoms with Crippen molar-refractivity contribution in [1.29, 1.82) is 0 Å². The van der Waals surface area contributed by atoms with Crippen LogP contribution in [-0.4, -0.2) is 28.9 Å². The normalized spacial score (nSPS) is 26.4. The van der Waals surface area contributed by atoms with Gasteiger partial charge in [-0.15, -0.1) is 0 Å². The van der Waals surface area contributed by atoms with Crippen LogP contribution in [0.15, 0.2) is 0 Å². The van der Waals surface area contributed by atoms with Crippen LogP contribution in [0.4, 0.5) is 0 Å². The van der Waals surface area contributed by atoms with E-state index in [-0.39, 0.29) is 0 Å². The first-order chi connectivity index (χ1) is 6.43. The molecular formula is C8H12N2O4. The lowest BCUT2D eigenvalue weighted by molar-refractivity contribution is -0.140. The van der Waals surface area contributed by atoms with E-state index < -0.39 is 35.7 Å². The van der Waals surface area contributed by atoms with Crippen LogP contribution in [0.3, 0.4) is 0 Å². The molecule has 1 saturated carbocycles. The summed E-state index contributed by atoms with van der Waals surface area (Å²) < 4.78 is 0. The number of rotatable bonds is 4. The fraction of sp³-hybridized carbons (Fsp3) is 0.625. The summed E-state index contributed by atoms with van der Waals surface area (Å²) >= 11 is 0. The van der Waals surface area contributed by atoms with Gasteiger partial charge >= 0.3 is 5.97 Å². The second-order valence-electron chi connectivity index (χ2n) is 3.42. The first kappa shape index (κ1) is 10.5. The van der Waals surface area contributed by atoms with Crippen molar-refractivity contribution >= 4 is 17.8 Å². The number of nitrogens with two attached hydrogens (primary N) is 1. The van der Waals surface area contributed by atoms with Crippen molar-refractivity contribution in [2.75, 3.05) is 0 Å². The molecule has 1 fully saturated rings. The van der Waals surface area contributed by atoms with Crippen molar-refractivity contribution in [3.05, 3.63) is 0 Å². The average molecular weight is 200 g/mol. The largest absolute Gasteiger partial charge is 0.481 e. The Morgan fingerprint density at radius 1 is 1.43 bits per heavy atom. The monoisotopic (exact) mass is 200 g/mol. The molecule has 0 heterocycles. The Morgan fingerprint density at radius 2 is 2.00 bits per heavy atom. The lowest BCUT2D eigenvalue weighted by Crippen LogP contribution is -2.43. The summed E-state index contributed by atoms with van der Waals surface area (Å²) in [7, 11) is 0. The Hall–Kier alpha value is -1.59. The van der Waals surface area contributed by atoms with Gasteiger partial charge in [-0.2, -0.15) is 0 Å². The van der Waals surface area contributed by atoms with Crippen molar-refractivity contribution in [3.8, 4) is 0 Å². The van der Waals surface area contributed by atoms with Crippen LogP contribution in [0.5, 0.6) is 0 Å². The van der Waals surface area contributed by atoms with Gasteiger partial charge in [0, 0.05) is 0 Å². The van der Waals surface area contributed by atoms with Gasteiger partial charge < -0.3 is 16.2 Å². The smallest absolute Gasteiger partial charge is 0.307 e. The molecule has 0 aromatic carbocycles. The third-order valence-corrected chi connectivity index (χ3v) is 2.23. The molecule has 1 aliphatic carbocycles. The first-order valence-electron chi connectivity index (χ1n) is 4.26. The van der Waals surface area contributed by atoms with E-state index in [9.17, 15) is 14.4 Å². The molecular weight excluding hydrogens is 188 g/mol. The highest BCUT2D eigenvalue weighted by Crippen LogP contribution is 2.38. The lowest BCUT2D eigenvalue weighted by atomic mass is 10.2. The van der Waals surface area contributed by atoms with Crippen LogP contribution in [-0.2, 0) is 14.4 Å². The Kier molecular flexibility index (Phi) is 2.73. The van der Waals surface area contributed by atoms with E-state index in [0.29, 0.717) is 6.42 Å². The van der Waals surface area contributed by atoms with Crippen molar-refractivity contribution < 1.29 is 19.5 Å². The van der Waals surface area contributed by atoms with E-state index in [1.807, 2.05) is 0 Å². The van der Waals surface area contributed by atoms with E-state index in [2.05, 4.69) is 5.32 Å².